The van der Waals surface area contributed by atoms with Gasteiger partial charge in [-0.15, -0.1) is 17.3 Å². The van der Waals surface area contributed by atoms with E-state index < -0.39 is 0 Å². The predicted octanol–water partition coefficient (Wildman–Crippen LogP) is 11.4. The molecule has 0 aromatic heterocycles. The highest BCUT2D eigenvalue weighted by atomic mass is 35.5. The van der Waals surface area contributed by atoms with E-state index in [1.165, 1.54) is 109 Å². The molecular weight excluding hydrogens is 955 g/mol. The number of nitrogens with one attached hydrogen (secondary N) is 2. The summed E-state index contributed by atoms with van der Waals surface area (Å²) in [5.41, 5.74) is 9.84. The molecule has 0 bridgehead atoms. The first kappa shape index (κ1) is 56.2. The van der Waals surface area contributed by atoms with E-state index in [1.807, 2.05) is 24.3 Å². The zero-order chi connectivity index (χ0) is 49.3. The van der Waals surface area contributed by atoms with E-state index in [4.69, 9.17) is 57.4 Å². The molecule has 4 aromatic rings. The molecule has 4 atom stereocenters. The van der Waals surface area contributed by atoms with Gasteiger partial charge in [-0.2, -0.15) is 0 Å². The number of nitroso groups, excluding NO2 is 1. The Bertz CT molecular complexity index is 2180. The van der Waals surface area contributed by atoms with Gasteiger partial charge in [-0.05, 0) is 149 Å². The zero-order valence-corrected chi connectivity index (χ0v) is 43.9. The minimum Gasteiger partial charge on any atom is -0.493 e. The van der Waals surface area contributed by atoms with Gasteiger partial charge in [-0.1, -0.05) is 53.9 Å². The summed E-state index contributed by atoms with van der Waals surface area (Å²) in [6, 6.07) is 24.4. The Hall–Kier alpha value is -4.70. The highest BCUT2D eigenvalue weighted by Crippen LogP contribution is 2.42. The van der Waals surface area contributed by atoms with Crippen molar-refractivity contribution in [1.29, 1.82) is 0 Å². The van der Waals surface area contributed by atoms with Crippen LogP contribution in [0.3, 0.4) is 0 Å². The van der Waals surface area contributed by atoms with Crippen molar-refractivity contribution < 1.29 is 33.2 Å². The third kappa shape index (κ3) is 15.6. The second-order valence-electron chi connectivity index (χ2n) is 18.4. The van der Waals surface area contributed by atoms with Gasteiger partial charge in [0.25, 0.3) is 0 Å². The summed E-state index contributed by atoms with van der Waals surface area (Å²) in [7, 11) is 9.12. The van der Waals surface area contributed by atoms with E-state index in [9.17, 15) is 9.70 Å². The third-order valence-electron chi connectivity index (χ3n) is 14.1. The van der Waals surface area contributed by atoms with Crippen molar-refractivity contribution in [3.63, 3.8) is 0 Å². The van der Waals surface area contributed by atoms with Gasteiger partial charge in [0.05, 0.1) is 48.3 Å². The number of carbonyl (C=O) groups is 1. The minimum absolute atomic E-state index is 0. The van der Waals surface area contributed by atoms with Gasteiger partial charge in [0.15, 0.2) is 23.0 Å². The number of nitrogens with two attached hydrogens (primary N) is 1. The van der Waals surface area contributed by atoms with Gasteiger partial charge < -0.3 is 44.8 Å². The highest BCUT2D eigenvalue weighted by molar-refractivity contribution is 6.30. The number of piperidine rings is 2. The third-order valence-corrected chi connectivity index (χ3v) is 14.6. The Morgan fingerprint density at radius 3 is 1.41 bits per heavy atom. The first-order valence-corrected chi connectivity index (χ1v) is 25.0. The summed E-state index contributed by atoms with van der Waals surface area (Å²) < 4.78 is 31.2. The Labute approximate surface area is 430 Å². The van der Waals surface area contributed by atoms with Gasteiger partial charge in [-0.25, -0.2) is 4.79 Å². The van der Waals surface area contributed by atoms with Crippen LogP contribution >= 0.6 is 35.6 Å². The number of likely N-dealkylation sites (tertiary alicyclic amines) is 2. The second kappa shape index (κ2) is 28.4. The lowest BCUT2D eigenvalue weighted by atomic mass is 9.89. The predicted molar refractivity (Wildman–Crippen MR) is 283 cm³/mol. The molecule has 4 aliphatic rings. The van der Waals surface area contributed by atoms with Crippen LogP contribution < -0.4 is 44.8 Å². The zero-order valence-electron chi connectivity index (χ0n) is 41.6. The molecule has 4 fully saturated rings. The maximum Gasteiger partial charge on any atom is 0.319 e. The number of hydrogen-bond donors (Lipinski definition) is 3. The molecule has 2 amide bonds. The Balaban J connectivity index is 0.000000219. The smallest absolute Gasteiger partial charge is 0.319 e. The standard InChI is InChI=1S/C27H36ClN3O4.C17H25ClN2.C9H11NO4.ClH/c1-33-24-16-21(17-25(34-2)26(24)35-3)29-27(32)30-22-5-4-6-23(22)31-13-11-19(12-14-31)15-18-7-9-20(28)10-8-18;18-15-6-4-13(5-7-15)12-14-8-10-20(11-9-14)17-3-1-2-16(17)19;1-12-7-4-6(10-11)5-8(13-2)9(7)14-3;/h7-10,16-17,19,22-23H,4-6,11-15H2,1-3H3,(H2,29,30,32);4-7,14,16-17H,1-3,8-12,19H2;4-5H,1-3H3;1H/t22-,23+;16-,17+;;/m11../s1. The molecule has 14 nitrogen and oxygen atoms in total. The summed E-state index contributed by atoms with van der Waals surface area (Å²) in [4.78, 5) is 28.4. The van der Waals surface area contributed by atoms with Crippen LogP contribution in [0.25, 0.3) is 0 Å². The minimum atomic E-state index is -0.214. The number of rotatable bonds is 15. The molecule has 0 spiro atoms. The van der Waals surface area contributed by atoms with Crippen LogP contribution in [0.1, 0.15) is 75.3 Å². The van der Waals surface area contributed by atoms with Crippen LogP contribution in [-0.2, 0) is 12.8 Å². The molecule has 17 heteroatoms. The summed E-state index contributed by atoms with van der Waals surface area (Å²) in [5.74, 6) is 4.31. The van der Waals surface area contributed by atoms with Crippen molar-refractivity contribution in [3.8, 4) is 34.5 Å². The van der Waals surface area contributed by atoms with Crippen LogP contribution in [0.2, 0.25) is 10.0 Å². The van der Waals surface area contributed by atoms with Crippen molar-refractivity contribution in [3.05, 3.63) is 98.9 Å². The molecule has 2 saturated carbocycles. The monoisotopic (exact) mass is 1030 g/mol. The normalized spacial score (nSPS) is 20.6. The lowest BCUT2D eigenvalue weighted by Gasteiger charge is -2.38. The Kier molecular flexibility index (Phi) is 22.8. The average Bonchev–Trinajstić information content (AvgIpc) is 4.03. The summed E-state index contributed by atoms with van der Waals surface area (Å²) in [5, 5.41) is 10.6. The topological polar surface area (TPSA) is 158 Å². The number of amides is 2. The molecule has 4 aromatic carbocycles. The first-order valence-electron chi connectivity index (χ1n) is 24.2. The number of ether oxygens (including phenoxy) is 6. The number of anilines is 1. The number of nitrogens with zero attached hydrogens (tertiary/aromatic N) is 3. The van der Waals surface area contributed by atoms with Crippen LogP contribution in [0.5, 0.6) is 34.5 Å². The van der Waals surface area contributed by atoms with Crippen molar-refractivity contribution in [1.82, 2.24) is 15.1 Å². The molecule has 384 valence electrons. The highest BCUT2D eigenvalue weighted by Gasteiger charge is 2.35. The molecule has 4 N–H and O–H groups in total. The molecule has 0 radical (unpaired) electrons. The molecule has 70 heavy (non-hydrogen) atoms. The molecule has 2 aliphatic carbocycles. The van der Waals surface area contributed by atoms with E-state index in [-0.39, 0.29) is 30.2 Å². The molecular formula is C53H73Cl3N6O8. The van der Waals surface area contributed by atoms with Crippen molar-refractivity contribution in [2.45, 2.75) is 101 Å². The maximum absolute atomic E-state index is 12.9. The van der Waals surface area contributed by atoms with Gasteiger partial charge in [0.2, 0.25) is 11.5 Å². The SMILES string of the molecule is COc1cc(N=O)cc(OC)c1OC.COc1cc(NC(=O)N[C@@H]2CCC[C@@H]2N2CCC(Cc3ccc(Cl)cc3)CC2)cc(OC)c1OC.Cl.N[C@@H]1CCC[C@@H]1N1CCC(Cc2ccc(Cl)cc2)CC1. The average molecular weight is 1030 g/mol. The quantitative estimate of drug-likeness (QED) is 0.0973. The Morgan fingerprint density at radius 1 is 0.600 bits per heavy atom. The van der Waals surface area contributed by atoms with E-state index in [0.29, 0.717) is 64.2 Å². The fourth-order valence-corrected chi connectivity index (χ4v) is 10.7. The fourth-order valence-electron chi connectivity index (χ4n) is 10.5. The fraction of sp³-hybridized carbons (Fsp3) is 0.528. The van der Waals surface area contributed by atoms with Gasteiger partial charge in [-0.3, -0.25) is 9.80 Å². The van der Waals surface area contributed by atoms with Gasteiger partial charge in [0, 0.05) is 58.5 Å². The first-order chi connectivity index (χ1) is 33.5. The van der Waals surface area contributed by atoms with Crippen LogP contribution in [0, 0.1) is 16.7 Å². The van der Waals surface area contributed by atoms with E-state index in [2.05, 4.69) is 49.9 Å². The lowest BCUT2D eigenvalue weighted by Crippen LogP contribution is -2.52. The summed E-state index contributed by atoms with van der Waals surface area (Å²) >= 11 is 12.0. The second-order valence-corrected chi connectivity index (χ2v) is 19.2. The van der Waals surface area contributed by atoms with Gasteiger partial charge in [0.1, 0.15) is 5.69 Å². The molecule has 0 unspecified atom stereocenters. The van der Waals surface area contributed by atoms with Crippen LogP contribution in [0.15, 0.2) is 78.0 Å². The van der Waals surface area contributed by atoms with E-state index in [1.54, 1.807) is 33.5 Å². The molecule has 2 heterocycles. The van der Waals surface area contributed by atoms with Crippen LogP contribution in [0.4, 0.5) is 16.2 Å². The number of urea groups is 1. The number of hydrogen-bond acceptors (Lipinski definition) is 12. The van der Waals surface area contributed by atoms with E-state index >= 15 is 0 Å². The summed E-state index contributed by atoms with van der Waals surface area (Å²) in [6.45, 7) is 4.62. The molecule has 2 aliphatic heterocycles. The Morgan fingerprint density at radius 2 is 1.01 bits per heavy atom. The number of benzene rings is 4. The summed E-state index contributed by atoms with van der Waals surface area (Å²) in [6.07, 6.45) is 14.4. The maximum atomic E-state index is 12.9. The van der Waals surface area contributed by atoms with E-state index in [0.717, 1.165) is 54.7 Å². The molecule has 2 saturated heterocycles. The largest absolute Gasteiger partial charge is 0.493 e. The van der Waals surface area contributed by atoms with Crippen molar-refractivity contribution >= 4 is 53.0 Å². The molecule has 8 rings (SSSR count). The number of halogens is 3. The lowest BCUT2D eigenvalue weighted by molar-refractivity contribution is 0.119. The van der Waals surface area contributed by atoms with Crippen molar-refractivity contribution in [2.75, 3.05) is 74.2 Å². The number of methoxy groups -OCH3 is 6. The van der Waals surface area contributed by atoms with Crippen molar-refractivity contribution in [2.24, 2.45) is 22.7 Å². The van der Waals surface area contributed by atoms with Crippen LogP contribution in [-0.4, -0.2) is 109 Å². The number of carbonyl (C=O) groups excluding carboxylic acids is 1. The van der Waals surface area contributed by atoms with Gasteiger partial charge >= 0.3 is 6.03 Å².